The van der Waals surface area contributed by atoms with E-state index in [0.717, 1.165) is 13.0 Å². The van der Waals surface area contributed by atoms with Gasteiger partial charge < -0.3 is 5.32 Å². The lowest BCUT2D eigenvalue weighted by atomic mass is 10.2. The van der Waals surface area contributed by atoms with Crippen molar-refractivity contribution in [3.8, 4) is 12.3 Å². The molecule has 0 rings (SSSR count). The Bertz CT molecular complexity index is 141. The van der Waals surface area contributed by atoms with E-state index in [1.165, 1.54) is 5.57 Å². The van der Waals surface area contributed by atoms with Gasteiger partial charge in [-0.1, -0.05) is 11.5 Å². The molecule has 1 unspecified atom stereocenters. The quantitative estimate of drug-likeness (QED) is 0.458. The Hall–Kier alpha value is -0.740. The molecule has 0 saturated carbocycles. The molecular formula is C9H15N. The molecular weight excluding hydrogens is 122 g/mol. The summed E-state index contributed by atoms with van der Waals surface area (Å²) in [4.78, 5) is 0. The summed E-state index contributed by atoms with van der Waals surface area (Å²) in [7, 11) is 0. The molecule has 1 heteroatoms. The lowest BCUT2D eigenvalue weighted by molar-refractivity contribution is 0.644. The molecule has 0 spiro atoms. The summed E-state index contributed by atoms with van der Waals surface area (Å²) < 4.78 is 0. The van der Waals surface area contributed by atoms with Crippen LogP contribution in [-0.4, -0.2) is 12.6 Å². The zero-order chi connectivity index (χ0) is 7.98. The number of hydrogen-bond donors (Lipinski definition) is 1. The molecule has 0 aromatic heterocycles. The second-order valence-electron chi connectivity index (χ2n) is 2.55. The van der Waals surface area contributed by atoms with Crippen molar-refractivity contribution in [2.75, 3.05) is 6.54 Å². The molecule has 0 aromatic rings. The van der Waals surface area contributed by atoms with Gasteiger partial charge in [0.2, 0.25) is 0 Å². The van der Waals surface area contributed by atoms with Gasteiger partial charge in [0.1, 0.15) is 0 Å². The molecule has 1 nitrogen and oxygen atoms in total. The lowest BCUT2D eigenvalue weighted by Gasteiger charge is -2.05. The van der Waals surface area contributed by atoms with Gasteiger partial charge in [0, 0.05) is 0 Å². The van der Waals surface area contributed by atoms with E-state index in [4.69, 9.17) is 6.42 Å². The molecule has 0 aromatic carbocycles. The number of hydrogen-bond acceptors (Lipinski definition) is 1. The van der Waals surface area contributed by atoms with Crippen LogP contribution in [0.2, 0.25) is 0 Å². The molecule has 56 valence electrons. The molecule has 1 N–H and O–H groups in total. The van der Waals surface area contributed by atoms with E-state index in [0.29, 0.717) is 0 Å². The van der Waals surface area contributed by atoms with Crippen LogP contribution in [0.4, 0.5) is 0 Å². The molecule has 0 saturated heterocycles. The van der Waals surface area contributed by atoms with Crippen LogP contribution in [0.25, 0.3) is 0 Å². The highest BCUT2D eigenvalue weighted by molar-refractivity contribution is 4.96. The second kappa shape index (κ2) is 5.08. The maximum atomic E-state index is 5.15. The Morgan fingerprint density at radius 2 is 2.40 bits per heavy atom. The standard InChI is InChI=1S/C9H15N/c1-5-9(4)10-7-6-8(2)3/h1,9-10H,2,6-7H2,3-4H3. The maximum Gasteiger partial charge on any atom is 0.0658 e. The predicted molar refractivity (Wildman–Crippen MR) is 45.7 cm³/mol. The van der Waals surface area contributed by atoms with E-state index >= 15 is 0 Å². The third-order valence-electron chi connectivity index (χ3n) is 1.25. The minimum Gasteiger partial charge on any atom is -0.304 e. The fraction of sp³-hybridized carbons (Fsp3) is 0.556. The van der Waals surface area contributed by atoms with Crippen molar-refractivity contribution in [3.63, 3.8) is 0 Å². The van der Waals surface area contributed by atoms with Gasteiger partial charge in [-0.05, 0) is 26.8 Å². The smallest absolute Gasteiger partial charge is 0.0658 e. The summed E-state index contributed by atoms with van der Waals surface area (Å²) in [6, 6.07) is 0.180. The van der Waals surface area contributed by atoms with E-state index in [9.17, 15) is 0 Å². The number of nitrogens with one attached hydrogen (secondary N) is 1. The van der Waals surface area contributed by atoms with Crippen LogP contribution < -0.4 is 5.32 Å². The number of terminal acetylenes is 1. The molecule has 0 fully saturated rings. The molecule has 0 radical (unpaired) electrons. The topological polar surface area (TPSA) is 12.0 Å². The first-order valence-corrected chi connectivity index (χ1v) is 3.50. The monoisotopic (exact) mass is 137 g/mol. The van der Waals surface area contributed by atoms with Gasteiger partial charge in [0.15, 0.2) is 0 Å². The summed E-state index contributed by atoms with van der Waals surface area (Å²) in [6.07, 6.45) is 6.16. The van der Waals surface area contributed by atoms with Crippen LogP contribution in [0, 0.1) is 12.3 Å². The zero-order valence-electron chi connectivity index (χ0n) is 6.78. The van der Waals surface area contributed by atoms with Crippen LogP contribution >= 0.6 is 0 Å². The first kappa shape index (κ1) is 9.26. The minimum atomic E-state index is 0.180. The first-order chi connectivity index (χ1) is 4.66. The van der Waals surface area contributed by atoms with E-state index in [-0.39, 0.29) is 6.04 Å². The van der Waals surface area contributed by atoms with E-state index < -0.39 is 0 Å². The SMILES string of the molecule is C#CC(C)NCCC(=C)C. The van der Waals surface area contributed by atoms with Crippen molar-refractivity contribution < 1.29 is 0 Å². The zero-order valence-corrected chi connectivity index (χ0v) is 6.78. The van der Waals surface area contributed by atoms with Gasteiger partial charge in [-0.15, -0.1) is 13.0 Å². The van der Waals surface area contributed by atoms with Crippen LogP contribution in [0.5, 0.6) is 0 Å². The summed E-state index contributed by atoms with van der Waals surface area (Å²) in [5, 5.41) is 3.17. The Morgan fingerprint density at radius 1 is 1.80 bits per heavy atom. The normalized spacial score (nSPS) is 12.1. The second-order valence-corrected chi connectivity index (χ2v) is 2.55. The van der Waals surface area contributed by atoms with Gasteiger partial charge >= 0.3 is 0 Å². The third kappa shape index (κ3) is 5.40. The van der Waals surface area contributed by atoms with Gasteiger partial charge in [-0.25, -0.2) is 0 Å². The summed E-state index contributed by atoms with van der Waals surface area (Å²) in [5.74, 6) is 2.60. The largest absolute Gasteiger partial charge is 0.304 e. The molecule has 0 aliphatic rings. The molecule has 1 atom stereocenters. The van der Waals surface area contributed by atoms with E-state index in [2.05, 4.69) is 17.8 Å². The Morgan fingerprint density at radius 3 is 2.80 bits per heavy atom. The molecule has 0 aliphatic carbocycles. The fourth-order valence-corrected chi connectivity index (χ4v) is 0.561. The fourth-order valence-electron chi connectivity index (χ4n) is 0.561. The highest BCUT2D eigenvalue weighted by Gasteiger charge is 1.92. The van der Waals surface area contributed by atoms with Crippen molar-refractivity contribution in [2.45, 2.75) is 26.3 Å². The van der Waals surface area contributed by atoms with Crippen molar-refractivity contribution >= 4 is 0 Å². The maximum absolute atomic E-state index is 5.15. The Kier molecular flexibility index (Phi) is 4.70. The van der Waals surface area contributed by atoms with Crippen LogP contribution in [-0.2, 0) is 0 Å². The highest BCUT2D eigenvalue weighted by atomic mass is 14.9. The average Bonchev–Trinajstić information content (AvgIpc) is 1.87. The molecule has 0 heterocycles. The average molecular weight is 137 g/mol. The van der Waals surface area contributed by atoms with Gasteiger partial charge in [0.25, 0.3) is 0 Å². The highest BCUT2D eigenvalue weighted by Crippen LogP contribution is 1.92. The Labute approximate surface area is 63.5 Å². The minimum absolute atomic E-state index is 0.180. The van der Waals surface area contributed by atoms with Gasteiger partial charge in [0.05, 0.1) is 6.04 Å². The van der Waals surface area contributed by atoms with E-state index in [1.807, 2.05) is 13.8 Å². The van der Waals surface area contributed by atoms with Gasteiger partial charge in [-0.3, -0.25) is 0 Å². The van der Waals surface area contributed by atoms with E-state index in [1.54, 1.807) is 0 Å². The summed E-state index contributed by atoms with van der Waals surface area (Å²) in [5.41, 5.74) is 1.19. The van der Waals surface area contributed by atoms with Crippen molar-refractivity contribution in [1.29, 1.82) is 0 Å². The number of rotatable bonds is 4. The molecule has 0 bridgehead atoms. The van der Waals surface area contributed by atoms with Crippen molar-refractivity contribution in [2.24, 2.45) is 0 Å². The summed E-state index contributed by atoms with van der Waals surface area (Å²) in [6.45, 7) is 8.70. The third-order valence-corrected chi connectivity index (χ3v) is 1.25. The molecule has 0 aliphatic heterocycles. The molecule has 10 heavy (non-hydrogen) atoms. The van der Waals surface area contributed by atoms with Crippen LogP contribution in [0.15, 0.2) is 12.2 Å². The Balaban J connectivity index is 3.22. The van der Waals surface area contributed by atoms with Crippen molar-refractivity contribution in [1.82, 2.24) is 5.32 Å². The van der Waals surface area contributed by atoms with Gasteiger partial charge in [-0.2, -0.15) is 0 Å². The molecule has 0 amide bonds. The first-order valence-electron chi connectivity index (χ1n) is 3.50. The predicted octanol–water partition coefficient (Wildman–Crippen LogP) is 1.56. The summed E-state index contributed by atoms with van der Waals surface area (Å²) >= 11 is 0. The van der Waals surface area contributed by atoms with Crippen LogP contribution in [0.3, 0.4) is 0 Å². The van der Waals surface area contributed by atoms with Crippen LogP contribution in [0.1, 0.15) is 20.3 Å². The van der Waals surface area contributed by atoms with Crippen molar-refractivity contribution in [3.05, 3.63) is 12.2 Å². The lowest BCUT2D eigenvalue weighted by Crippen LogP contribution is -2.25.